The predicted molar refractivity (Wildman–Crippen MR) is 203 cm³/mol. The van der Waals surface area contributed by atoms with Crippen molar-refractivity contribution >= 4 is 24.1 Å². The first kappa shape index (κ1) is 44.4. The van der Waals surface area contributed by atoms with Gasteiger partial charge in [-0.15, -0.1) is 12.4 Å². The van der Waals surface area contributed by atoms with Crippen molar-refractivity contribution in [2.75, 3.05) is 13.1 Å². The Bertz CT molecular complexity index is 668. The molecule has 2 unspecified atom stereocenters. The van der Waals surface area contributed by atoms with Crippen molar-refractivity contribution in [2.45, 2.75) is 226 Å². The smallest absolute Gasteiger partial charge is 0.227 e. The fourth-order valence-electron chi connectivity index (χ4n) is 7.00. The van der Waals surface area contributed by atoms with Crippen LogP contribution in [0.1, 0.15) is 220 Å². The van der Waals surface area contributed by atoms with Gasteiger partial charge in [0.05, 0.1) is 6.54 Å². The summed E-state index contributed by atoms with van der Waals surface area (Å²) in [5.41, 5.74) is 6.45. The molecule has 1 aliphatic heterocycles. The molecule has 0 aliphatic carbocycles. The fraction of sp³-hybridized carbons (Fsp3) is 0.950. The molecule has 1 aliphatic rings. The van der Waals surface area contributed by atoms with E-state index in [4.69, 9.17) is 10.7 Å². The van der Waals surface area contributed by atoms with Crippen LogP contribution in [-0.4, -0.2) is 35.8 Å². The van der Waals surface area contributed by atoms with E-state index in [9.17, 15) is 4.79 Å². The maximum atomic E-state index is 13.1. The van der Waals surface area contributed by atoms with Crippen LogP contribution in [0.2, 0.25) is 0 Å². The average Bonchev–Trinajstić information content (AvgIpc) is 3.50. The third-order valence-corrected chi connectivity index (χ3v) is 10.0. The summed E-state index contributed by atoms with van der Waals surface area (Å²) >= 11 is 0. The number of carbonyl (C=O) groups is 1. The fourth-order valence-corrected chi connectivity index (χ4v) is 7.00. The number of nitrogens with zero attached hydrogens (tertiary/aromatic N) is 2. The molecule has 1 amide bonds. The summed E-state index contributed by atoms with van der Waals surface area (Å²) in [5.74, 6) is 1.50. The molecule has 4 nitrogen and oxygen atoms in total. The minimum atomic E-state index is 0. The lowest BCUT2D eigenvalue weighted by molar-refractivity contribution is -0.127. The molecule has 2 N–H and O–H groups in total. The zero-order chi connectivity index (χ0) is 31.9. The monoisotopic (exact) mass is 654 g/mol. The number of hydrogen-bond donors (Lipinski definition) is 1. The van der Waals surface area contributed by atoms with Gasteiger partial charge in [-0.1, -0.05) is 194 Å². The number of unbranched alkanes of at least 4 members (excludes halogenated alkanes) is 27. The number of aliphatic imine (C=N–C) groups is 1. The lowest BCUT2D eigenvalue weighted by Gasteiger charge is -2.28. The van der Waals surface area contributed by atoms with E-state index in [1.165, 1.54) is 180 Å². The molecule has 0 aromatic heterocycles. The number of amides is 1. The standard InChI is InChI=1S/C40H79N3O.ClH/c1-4-6-8-10-12-14-16-18-20-22-24-26-28-30-32-34-39(44)43-36-35-42-40(43)38(37(3)41)33-31-29-27-25-23-21-19-17-15-13-11-9-7-5-2;/h37-38H,4-36,41H2,1-3H3;1H. The highest BCUT2D eigenvalue weighted by Gasteiger charge is 2.31. The molecule has 45 heavy (non-hydrogen) atoms. The van der Waals surface area contributed by atoms with Crippen LogP contribution in [0.5, 0.6) is 0 Å². The molecule has 2 atom stereocenters. The lowest BCUT2D eigenvalue weighted by Crippen LogP contribution is -2.43. The van der Waals surface area contributed by atoms with E-state index < -0.39 is 0 Å². The summed E-state index contributed by atoms with van der Waals surface area (Å²) in [4.78, 5) is 19.9. The zero-order valence-corrected chi connectivity index (χ0v) is 31.6. The first-order valence-corrected chi connectivity index (χ1v) is 20.2. The Morgan fingerprint density at radius 3 is 1.29 bits per heavy atom. The molecule has 0 radical (unpaired) electrons. The minimum Gasteiger partial charge on any atom is -0.327 e. The highest BCUT2D eigenvalue weighted by atomic mass is 35.5. The summed E-state index contributed by atoms with van der Waals surface area (Å²) in [6.45, 7) is 8.20. The van der Waals surface area contributed by atoms with Gasteiger partial charge in [0.25, 0.3) is 0 Å². The molecule has 0 aromatic rings. The summed E-state index contributed by atoms with van der Waals surface area (Å²) < 4.78 is 0. The number of halogens is 1. The van der Waals surface area contributed by atoms with Crippen molar-refractivity contribution in [3.8, 4) is 0 Å². The van der Waals surface area contributed by atoms with Gasteiger partial charge < -0.3 is 5.73 Å². The van der Waals surface area contributed by atoms with Gasteiger partial charge in [0.2, 0.25) is 5.91 Å². The topological polar surface area (TPSA) is 58.7 Å². The van der Waals surface area contributed by atoms with Gasteiger partial charge in [0, 0.05) is 24.9 Å². The van der Waals surface area contributed by atoms with Gasteiger partial charge in [-0.25, -0.2) is 0 Å². The Morgan fingerprint density at radius 2 is 0.933 bits per heavy atom. The van der Waals surface area contributed by atoms with Crippen LogP contribution >= 0.6 is 12.4 Å². The molecule has 0 spiro atoms. The van der Waals surface area contributed by atoms with E-state index in [2.05, 4.69) is 20.8 Å². The first-order chi connectivity index (χ1) is 21.6. The van der Waals surface area contributed by atoms with Crippen molar-refractivity contribution in [2.24, 2.45) is 16.6 Å². The SMILES string of the molecule is CCCCCCCCCCCCCCCCCC(=O)N1CCN=C1C(CCCCCCCCCCCCCCCC)C(C)N.Cl. The number of nitrogens with two attached hydrogens (primary N) is 1. The first-order valence-electron chi connectivity index (χ1n) is 20.2. The van der Waals surface area contributed by atoms with E-state index in [1.807, 2.05) is 4.90 Å². The quantitative estimate of drug-likeness (QED) is 0.0716. The largest absolute Gasteiger partial charge is 0.327 e. The Kier molecular flexibility index (Phi) is 32.8. The lowest BCUT2D eigenvalue weighted by atomic mass is 9.92. The van der Waals surface area contributed by atoms with Crippen LogP contribution in [0.15, 0.2) is 4.99 Å². The van der Waals surface area contributed by atoms with Crippen LogP contribution in [0, 0.1) is 5.92 Å². The molecule has 0 fully saturated rings. The highest BCUT2D eigenvalue weighted by molar-refractivity contribution is 6.00. The Balaban J connectivity index is 0.0000194. The molecule has 0 aromatic carbocycles. The van der Waals surface area contributed by atoms with E-state index >= 15 is 0 Å². The maximum absolute atomic E-state index is 13.1. The molecule has 5 heteroatoms. The van der Waals surface area contributed by atoms with Crippen molar-refractivity contribution in [3.05, 3.63) is 0 Å². The van der Waals surface area contributed by atoms with Crippen molar-refractivity contribution in [3.63, 3.8) is 0 Å². The Hall–Kier alpha value is -0.610. The Labute approximate surface area is 288 Å². The normalized spacial score (nSPS) is 14.4. The van der Waals surface area contributed by atoms with Gasteiger partial charge in [-0.05, 0) is 19.8 Å². The zero-order valence-electron chi connectivity index (χ0n) is 30.8. The van der Waals surface area contributed by atoms with E-state index in [0.29, 0.717) is 6.42 Å². The second kappa shape index (κ2) is 33.3. The Morgan fingerprint density at radius 1 is 0.600 bits per heavy atom. The molecule has 0 bridgehead atoms. The van der Waals surface area contributed by atoms with Crippen LogP contribution < -0.4 is 5.73 Å². The molecule has 0 saturated heterocycles. The van der Waals surface area contributed by atoms with Crippen molar-refractivity contribution in [1.82, 2.24) is 4.90 Å². The number of carbonyl (C=O) groups excluding carboxylic acids is 1. The van der Waals surface area contributed by atoms with Crippen molar-refractivity contribution < 1.29 is 4.79 Å². The summed E-state index contributed by atoms with van der Waals surface area (Å²) in [6, 6.07) is 0.0508. The summed E-state index contributed by atoms with van der Waals surface area (Å²) in [5, 5.41) is 0. The van der Waals surface area contributed by atoms with Gasteiger partial charge in [-0.2, -0.15) is 0 Å². The number of amidine groups is 1. The molecular weight excluding hydrogens is 574 g/mol. The van der Waals surface area contributed by atoms with Crippen LogP contribution in [0.3, 0.4) is 0 Å². The van der Waals surface area contributed by atoms with Crippen molar-refractivity contribution in [1.29, 1.82) is 0 Å². The predicted octanol–water partition coefficient (Wildman–Crippen LogP) is 12.7. The minimum absolute atomic E-state index is 0. The summed E-state index contributed by atoms with van der Waals surface area (Å²) in [7, 11) is 0. The number of hydrogen-bond acceptors (Lipinski definition) is 3. The molecule has 0 saturated carbocycles. The van der Waals surface area contributed by atoms with Crippen LogP contribution in [0.25, 0.3) is 0 Å². The summed E-state index contributed by atoms with van der Waals surface area (Å²) in [6.07, 6.45) is 41.4. The molecular formula is C40H80ClN3O. The maximum Gasteiger partial charge on any atom is 0.227 e. The average molecular weight is 655 g/mol. The molecule has 268 valence electrons. The molecule has 1 rings (SSSR count). The van der Waals surface area contributed by atoms with Gasteiger partial charge >= 0.3 is 0 Å². The third-order valence-electron chi connectivity index (χ3n) is 10.0. The second-order valence-corrected chi connectivity index (χ2v) is 14.3. The van der Waals surface area contributed by atoms with Crippen LogP contribution in [-0.2, 0) is 4.79 Å². The van der Waals surface area contributed by atoms with E-state index in [0.717, 1.165) is 31.8 Å². The number of rotatable bonds is 33. The van der Waals surface area contributed by atoms with Gasteiger partial charge in [-0.3, -0.25) is 14.7 Å². The second-order valence-electron chi connectivity index (χ2n) is 14.3. The van der Waals surface area contributed by atoms with E-state index in [1.54, 1.807) is 0 Å². The van der Waals surface area contributed by atoms with Crippen LogP contribution in [0.4, 0.5) is 0 Å². The third kappa shape index (κ3) is 25.1. The highest BCUT2D eigenvalue weighted by Crippen LogP contribution is 2.23. The van der Waals surface area contributed by atoms with Gasteiger partial charge in [0.1, 0.15) is 5.84 Å². The van der Waals surface area contributed by atoms with E-state index in [-0.39, 0.29) is 30.3 Å². The van der Waals surface area contributed by atoms with Gasteiger partial charge in [0.15, 0.2) is 0 Å². The molecule has 1 heterocycles.